The maximum Gasteiger partial charge on any atom is 0.288 e. The van der Waals surface area contributed by atoms with E-state index in [1.807, 2.05) is 6.92 Å². The summed E-state index contributed by atoms with van der Waals surface area (Å²) in [4.78, 5) is 33.8. The summed E-state index contributed by atoms with van der Waals surface area (Å²) in [6.07, 6.45) is 1.24. The van der Waals surface area contributed by atoms with Crippen molar-refractivity contribution in [2.45, 2.75) is 6.92 Å². The van der Waals surface area contributed by atoms with E-state index in [2.05, 4.69) is 15.8 Å². The van der Waals surface area contributed by atoms with E-state index >= 15 is 0 Å². The highest BCUT2D eigenvalue weighted by atomic mass is 35.5. The number of nitrogens with zero attached hydrogens (tertiary/aromatic N) is 2. The number of carbonyl (C=O) groups excluding carboxylic acids is 2. The fraction of sp³-hybridized carbons (Fsp3) is 0.118. The SMILES string of the molecule is Cc1ccc(C(=O)NCC(=O)N/N=C\c2ccc(Cl)c([N+](=O)[O-])c2)cc1. The van der Waals surface area contributed by atoms with Gasteiger partial charge in [0.1, 0.15) is 5.02 Å². The molecule has 2 rings (SSSR count). The van der Waals surface area contributed by atoms with Crippen LogP contribution >= 0.6 is 11.6 Å². The zero-order chi connectivity index (χ0) is 19.1. The fourth-order valence-corrected chi connectivity index (χ4v) is 2.12. The van der Waals surface area contributed by atoms with Gasteiger partial charge in [-0.3, -0.25) is 19.7 Å². The van der Waals surface area contributed by atoms with Gasteiger partial charge in [0, 0.05) is 17.2 Å². The van der Waals surface area contributed by atoms with Crippen molar-refractivity contribution in [3.8, 4) is 0 Å². The summed E-state index contributed by atoms with van der Waals surface area (Å²) in [5, 5.41) is 17.0. The van der Waals surface area contributed by atoms with Crippen LogP contribution in [0.1, 0.15) is 21.5 Å². The molecule has 2 aromatic rings. The van der Waals surface area contributed by atoms with Crippen molar-refractivity contribution >= 4 is 35.3 Å². The minimum absolute atomic E-state index is 0.00926. The zero-order valence-electron chi connectivity index (χ0n) is 13.7. The summed E-state index contributed by atoms with van der Waals surface area (Å²) >= 11 is 5.71. The molecule has 0 unspecified atom stereocenters. The Labute approximate surface area is 154 Å². The fourth-order valence-electron chi connectivity index (χ4n) is 1.94. The summed E-state index contributed by atoms with van der Waals surface area (Å²) < 4.78 is 0. The van der Waals surface area contributed by atoms with Crippen LogP contribution in [0.2, 0.25) is 5.02 Å². The van der Waals surface area contributed by atoms with Gasteiger partial charge >= 0.3 is 0 Å². The standard InChI is InChI=1S/C17H15ClN4O4/c1-11-2-5-13(6-3-11)17(24)19-10-16(23)21-20-9-12-4-7-14(18)15(8-12)22(25)26/h2-9H,10H2,1H3,(H,19,24)(H,21,23)/b20-9-. The number of amides is 2. The normalized spacial score (nSPS) is 10.5. The molecule has 0 saturated heterocycles. The lowest BCUT2D eigenvalue weighted by Gasteiger charge is -2.04. The Bertz CT molecular complexity index is 866. The third kappa shape index (κ3) is 5.38. The molecule has 0 aromatic heterocycles. The van der Waals surface area contributed by atoms with E-state index in [-0.39, 0.29) is 23.2 Å². The molecule has 0 spiro atoms. The molecule has 8 nitrogen and oxygen atoms in total. The molecular weight excluding hydrogens is 360 g/mol. The second kappa shape index (κ2) is 8.72. The number of rotatable bonds is 6. The number of benzene rings is 2. The Balaban J connectivity index is 1.85. The van der Waals surface area contributed by atoms with E-state index in [4.69, 9.17) is 11.6 Å². The van der Waals surface area contributed by atoms with Crippen LogP contribution in [0.4, 0.5) is 5.69 Å². The van der Waals surface area contributed by atoms with Crippen LogP contribution in [0.3, 0.4) is 0 Å². The van der Waals surface area contributed by atoms with Gasteiger partial charge < -0.3 is 5.32 Å². The van der Waals surface area contributed by atoms with Gasteiger partial charge in [0.25, 0.3) is 17.5 Å². The number of hydrogen-bond acceptors (Lipinski definition) is 5. The molecule has 0 aliphatic carbocycles. The molecule has 2 amide bonds. The van der Waals surface area contributed by atoms with Gasteiger partial charge in [0.2, 0.25) is 0 Å². The van der Waals surface area contributed by atoms with Gasteiger partial charge in [0.05, 0.1) is 17.7 Å². The van der Waals surface area contributed by atoms with Gasteiger partial charge in [-0.05, 0) is 25.1 Å². The third-order valence-electron chi connectivity index (χ3n) is 3.29. The highest BCUT2D eigenvalue weighted by Gasteiger charge is 2.12. The van der Waals surface area contributed by atoms with Crippen molar-refractivity contribution in [2.75, 3.05) is 6.54 Å². The predicted molar refractivity (Wildman–Crippen MR) is 97.4 cm³/mol. The number of hydrogen-bond donors (Lipinski definition) is 2. The van der Waals surface area contributed by atoms with Crippen LogP contribution < -0.4 is 10.7 Å². The second-order valence-corrected chi connectivity index (χ2v) is 5.72. The molecule has 0 heterocycles. The molecular formula is C17H15ClN4O4. The number of carbonyl (C=O) groups is 2. The van der Waals surface area contributed by atoms with E-state index < -0.39 is 10.8 Å². The second-order valence-electron chi connectivity index (χ2n) is 5.31. The molecule has 26 heavy (non-hydrogen) atoms. The van der Waals surface area contributed by atoms with Gasteiger partial charge in [-0.15, -0.1) is 0 Å². The minimum Gasteiger partial charge on any atom is -0.343 e. The molecule has 0 aliphatic rings. The molecule has 2 aromatic carbocycles. The molecule has 9 heteroatoms. The van der Waals surface area contributed by atoms with Gasteiger partial charge in [-0.1, -0.05) is 35.4 Å². The van der Waals surface area contributed by atoms with Crippen LogP contribution in [0.15, 0.2) is 47.6 Å². The average molecular weight is 375 g/mol. The van der Waals surface area contributed by atoms with E-state index in [1.165, 1.54) is 24.4 Å². The Hall–Kier alpha value is -3.26. The molecule has 0 saturated carbocycles. The lowest BCUT2D eigenvalue weighted by Crippen LogP contribution is -2.34. The number of nitro benzene ring substituents is 1. The quantitative estimate of drug-likeness (QED) is 0.459. The Morgan fingerprint density at radius 1 is 1.23 bits per heavy atom. The lowest BCUT2D eigenvalue weighted by molar-refractivity contribution is -0.384. The van der Waals surface area contributed by atoms with Crippen molar-refractivity contribution < 1.29 is 14.5 Å². The number of halogens is 1. The summed E-state index contributed by atoms with van der Waals surface area (Å²) in [6, 6.07) is 11.0. The van der Waals surface area contributed by atoms with Crippen LogP contribution in [0.5, 0.6) is 0 Å². The van der Waals surface area contributed by atoms with Gasteiger partial charge in [-0.25, -0.2) is 5.43 Å². The number of aryl methyl sites for hydroxylation is 1. The summed E-state index contributed by atoms with van der Waals surface area (Å²) in [5.41, 5.74) is 3.83. The van der Waals surface area contributed by atoms with Crippen LogP contribution in [0.25, 0.3) is 0 Å². The summed E-state index contributed by atoms with van der Waals surface area (Å²) in [6.45, 7) is 1.65. The van der Waals surface area contributed by atoms with Crippen molar-refractivity contribution in [3.63, 3.8) is 0 Å². The van der Waals surface area contributed by atoms with E-state index in [9.17, 15) is 19.7 Å². The first-order chi connectivity index (χ1) is 12.4. The Morgan fingerprint density at radius 3 is 2.58 bits per heavy atom. The topological polar surface area (TPSA) is 114 Å². The zero-order valence-corrected chi connectivity index (χ0v) is 14.5. The van der Waals surface area contributed by atoms with Crippen molar-refractivity contribution in [1.82, 2.24) is 10.7 Å². The molecule has 0 aliphatic heterocycles. The Morgan fingerprint density at radius 2 is 1.92 bits per heavy atom. The number of nitrogens with one attached hydrogen (secondary N) is 2. The van der Waals surface area contributed by atoms with Crippen molar-refractivity contribution in [3.05, 3.63) is 74.3 Å². The van der Waals surface area contributed by atoms with Gasteiger partial charge in [0.15, 0.2) is 0 Å². The average Bonchev–Trinajstić information content (AvgIpc) is 2.61. The Kier molecular flexibility index (Phi) is 6.40. The molecule has 0 atom stereocenters. The maximum atomic E-state index is 11.9. The first-order valence-electron chi connectivity index (χ1n) is 7.47. The monoisotopic (exact) mass is 374 g/mol. The molecule has 134 valence electrons. The molecule has 0 bridgehead atoms. The summed E-state index contributed by atoms with van der Waals surface area (Å²) in [7, 11) is 0. The van der Waals surface area contributed by atoms with E-state index in [0.717, 1.165) is 5.56 Å². The minimum atomic E-state index is -0.612. The predicted octanol–water partition coefficient (Wildman–Crippen LogP) is 2.44. The van der Waals surface area contributed by atoms with Crippen molar-refractivity contribution in [1.29, 1.82) is 0 Å². The molecule has 2 N–H and O–H groups in total. The highest BCUT2D eigenvalue weighted by Crippen LogP contribution is 2.24. The first kappa shape index (κ1) is 19.1. The summed E-state index contributed by atoms with van der Waals surface area (Å²) in [5.74, 6) is -0.914. The number of nitro groups is 1. The van der Waals surface area contributed by atoms with Crippen LogP contribution in [-0.2, 0) is 4.79 Å². The van der Waals surface area contributed by atoms with Gasteiger partial charge in [-0.2, -0.15) is 5.10 Å². The molecule has 0 fully saturated rings. The largest absolute Gasteiger partial charge is 0.343 e. The third-order valence-corrected chi connectivity index (χ3v) is 3.61. The van der Waals surface area contributed by atoms with E-state index in [0.29, 0.717) is 11.1 Å². The highest BCUT2D eigenvalue weighted by molar-refractivity contribution is 6.32. The lowest BCUT2D eigenvalue weighted by atomic mass is 10.1. The maximum absolute atomic E-state index is 11.9. The molecule has 0 radical (unpaired) electrons. The van der Waals surface area contributed by atoms with Crippen molar-refractivity contribution in [2.24, 2.45) is 5.10 Å². The van der Waals surface area contributed by atoms with Crippen LogP contribution in [0, 0.1) is 17.0 Å². The van der Waals surface area contributed by atoms with E-state index in [1.54, 1.807) is 24.3 Å². The van der Waals surface area contributed by atoms with Crippen LogP contribution in [-0.4, -0.2) is 29.5 Å². The number of hydrazone groups is 1. The smallest absolute Gasteiger partial charge is 0.288 e. The first-order valence-corrected chi connectivity index (χ1v) is 7.85.